The normalized spacial score (nSPS) is 13.2. The number of nitrogens with one attached hydrogen (secondary N) is 2. The monoisotopic (exact) mass is 446 g/mol. The number of rotatable bonds is 6. The second-order valence-corrected chi connectivity index (χ2v) is 7.89. The van der Waals surface area contributed by atoms with Crippen LogP contribution in [0.15, 0.2) is 72.8 Å². The van der Waals surface area contributed by atoms with Gasteiger partial charge in [-0.25, -0.2) is 9.18 Å². The molecular weight excluding hydrogens is 423 g/mol. The molecule has 1 aliphatic heterocycles. The number of carbonyl (C=O) groups excluding carboxylic acids is 3. The van der Waals surface area contributed by atoms with Crippen molar-refractivity contribution < 1.29 is 18.8 Å². The van der Waals surface area contributed by atoms with Gasteiger partial charge in [0.25, 0.3) is 5.91 Å². The SMILES string of the molecule is NC(=O)[C@H](Cc1ccccc1)NC(=O)c1ccc(NC(=O)N2Cc3ccc(F)cc3C2)cc1. The molecule has 1 atom stereocenters. The molecule has 0 fully saturated rings. The zero-order valence-corrected chi connectivity index (χ0v) is 17.8. The van der Waals surface area contributed by atoms with Crippen molar-refractivity contribution in [2.24, 2.45) is 5.73 Å². The van der Waals surface area contributed by atoms with Gasteiger partial charge in [0.05, 0.1) is 0 Å². The zero-order valence-electron chi connectivity index (χ0n) is 17.8. The van der Waals surface area contributed by atoms with E-state index in [1.54, 1.807) is 35.2 Å². The van der Waals surface area contributed by atoms with Crippen LogP contribution in [0.4, 0.5) is 14.9 Å². The predicted octanol–water partition coefficient (Wildman–Crippen LogP) is 3.20. The van der Waals surface area contributed by atoms with Crippen LogP contribution in [0.5, 0.6) is 0 Å². The number of primary amides is 1. The van der Waals surface area contributed by atoms with E-state index in [1.165, 1.54) is 12.1 Å². The highest BCUT2D eigenvalue weighted by Gasteiger charge is 2.24. The van der Waals surface area contributed by atoms with Gasteiger partial charge in [-0.3, -0.25) is 9.59 Å². The van der Waals surface area contributed by atoms with E-state index in [-0.39, 0.29) is 18.3 Å². The quantitative estimate of drug-likeness (QED) is 0.542. The van der Waals surface area contributed by atoms with Gasteiger partial charge >= 0.3 is 6.03 Å². The fourth-order valence-electron chi connectivity index (χ4n) is 3.73. The molecule has 0 radical (unpaired) electrons. The summed E-state index contributed by atoms with van der Waals surface area (Å²) in [4.78, 5) is 38.6. The van der Waals surface area contributed by atoms with E-state index in [9.17, 15) is 18.8 Å². The molecule has 1 aliphatic rings. The zero-order chi connectivity index (χ0) is 23.4. The molecule has 3 aromatic rings. The maximum Gasteiger partial charge on any atom is 0.322 e. The van der Waals surface area contributed by atoms with Crippen molar-refractivity contribution in [2.45, 2.75) is 25.6 Å². The van der Waals surface area contributed by atoms with E-state index in [4.69, 9.17) is 5.73 Å². The highest BCUT2D eigenvalue weighted by Crippen LogP contribution is 2.24. The van der Waals surface area contributed by atoms with Gasteiger partial charge in [-0.15, -0.1) is 0 Å². The average Bonchev–Trinajstić information content (AvgIpc) is 3.23. The Kier molecular flexibility index (Phi) is 6.35. The Morgan fingerprint density at radius 1 is 0.939 bits per heavy atom. The van der Waals surface area contributed by atoms with E-state index in [1.807, 2.05) is 30.3 Å². The van der Waals surface area contributed by atoms with Crippen molar-refractivity contribution in [1.82, 2.24) is 10.2 Å². The molecule has 168 valence electrons. The lowest BCUT2D eigenvalue weighted by molar-refractivity contribution is -0.119. The maximum atomic E-state index is 13.4. The molecule has 0 bridgehead atoms. The Balaban J connectivity index is 1.35. The number of halogens is 1. The lowest BCUT2D eigenvalue weighted by Gasteiger charge is -2.17. The van der Waals surface area contributed by atoms with Gasteiger partial charge in [0.15, 0.2) is 0 Å². The van der Waals surface area contributed by atoms with Gasteiger partial charge in [-0.1, -0.05) is 36.4 Å². The van der Waals surface area contributed by atoms with Crippen LogP contribution in [0.1, 0.15) is 27.0 Å². The van der Waals surface area contributed by atoms with Gasteiger partial charge in [0, 0.05) is 30.8 Å². The highest BCUT2D eigenvalue weighted by molar-refractivity contribution is 5.98. The molecule has 0 saturated carbocycles. The summed E-state index contributed by atoms with van der Waals surface area (Å²) in [5.74, 6) is -1.39. The Hall–Kier alpha value is -4.20. The molecule has 0 aromatic heterocycles. The number of nitrogens with two attached hydrogens (primary N) is 1. The topological polar surface area (TPSA) is 105 Å². The molecule has 3 aromatic carbocycles. The second kappa shape index (κ2) is 9.52. The second-order valence-electron chi connectivity index (χ2n) is 7.89. The lowest BCUT2D eigenvalue weighted by atomic mass is 10.0. The van der Waals surface area contributed by atoms with Gasteiger partial charge < -0.3 is 21.3 Å². The number of benzene rings is 3. The Morgan fingerprint density at radius 3 is 2.33 bits per heavy atom. The van der Waals surface area contributed by atoms with Crippen LogP contribution in [-0.2, 0) is 24.3 Å². The van der Waals surface area contributed by atoms with Gasteiger partial charge in [-0.05, 0) is 53.1 Å². The summed E-state index contributed by atoms with van der Waals surface area (Å²) < 4.78 is 13.4. The minimum atomic E-state index is -0.846. The standard InChI is InChI=1S/C25H23FN4O3/c26-20-9-6-18-14-30(15-19(18)13-20)25(33)28-21-10-7-17(8-11-21)24(32)29-22(23(27)31)12-16-4-2-1-3-5-16/h1-11,13,22H,12,14-15H2,(H2,27,31)(H,28,33)(H,29,32)/t22-/m0/s1. The first-order valence-electron chi connectivity index (χ1n) is 10.5. The maximum absolute atomic E-state index is 13.4. The number of urea groups is 1. The van der Waals surface area contributed by atoms with Crippen molar-refractivity contribution >= 4 is 23.5 Å². The van der Waals surface area contributed by atoms with E-state index >= 15 is 0 Å². The van der Waals surface area contributed by atoms with Crippen LogP contribution in [-0.4, -0.2) is 28.8 Å². The fraction of sp³-hybridized carbons (Fsp3) is 0.160. The van der Waals surface area contributed by atoms with Crippen LogP contribution in [0.25, 0.3) is 0 Å². The molecule has 1 heterocycles. The van der Waals surface area contributed by atoms with Crippen LogP contribution < -0.4 is 16.4 Å². The molecule has 4 N–H and O–H groups in total. The molecule has 0 unspecified atom stereocenters. The molecule has 4 amide bonds. The first-order valence-corrected chi connectivity index (χ1v) is 10.5. The summed E-state index contributed by atoms with van der Waals surface area (Å²) in [5.41, 5.74) is 8.89. The Morgan fingerprint density at radius 2 is 1.64 bits per heavy atom. The van der Waals surface area contributed by atoms with Crippen LogP contribution in [0.3, 0.4) is 0 Å². The summed E-state index contributed by atoms with van der Waals surface area (Å²) in [6.45, 7) is 0.729. The summed E-state index contributed by atoms with van der Waals surface area (Å²) >= 11 is 0. The largest absolute Gasteiger partial charge is 0.368 e. The first kappa shape index (κ1) is 22.0. The molecular formula is C25H23FN4O3. The van der Waals surface area contributed by atoms with E-state index < -0.39 is 17.9 Å². The van der Waals surface area contributed by atoms with Crippen molar-refractivity contribution in [3.05, 3.63) is 101 Å². The van der Waals surface area contributed by atoms with Crippen molar-refractivity contribution in [2.75, 3.05) is 5.32 Å². The number of hydrogen-bond donors (Lipinski definition) is 3. The first-order chi connectivity index (χ1) is 15.9. The number of carbonyl (C=O) groups is 3. The molecule has 4 rings (SSSR count). The van der Waals surface area contributed by atoms with Gasteiger partial charge in [0.1, 0.15) is 11.9 Å². The van der Waals surface area contributed by atoms with Crippen LogP contribution in [0.2, 0.25) is 0 Å². The molecule has 8 heteroatoms. The smallest absolute Gasteiger partial charge is 0.322 e. The number of nitrogens with zero attached hydrogens (tertiary/aromatic N) is 1. The third-order valence-corrected chi connectivity index (χ3v) is 5.51. The van der Waals surface area contributed by atoms with Gasteiger partial charge in [0.2, 0.25) is 5.91 Å². The summed E-state index contributed by atoms with van der Waals surface area (Å²) in [5, 5.41) is 5.44. The van der Waals surface area contributed by atoms with E-state index in [2.05, 4.69) is 10.6 Å². The number of fused-ring (bicyclic) bond motifs is 1. The van der Waals surface area contributed by atoms with Crippen molar-refractivity contribution in [3.8, 4) is 0 Å². The molecule has 0 saturated heterocycles. The number of hydrogen-bond acceptors (Lipinski definition) is 3. The van der Waals surface area contributed by atoms with Crippen molar-refractivity contribution in [1.29, 1.82) is 0 Å². The Labute approximate surface area is 190 Å². The van der Waals surface area contributed by atoms with E-state index in [0.29, 0.717) is 24.3 Å². The predicted molar refractivity (Wildman–Crippen MR) is 122 cm³/mol. The molecule has 33 heavy (non-hydrogen) atoms. The highest BCUT2D eigenvalue weighted by atomic mass is 19.1. The lowest BCUT2D eigenvalue weighted by Crippen LogP contribution is -2.45. The van der Waals surface area contributed by atoms with Gasteiger partial charge in [-0.2, -0.15) is 0 Å². The fourth-order valence-corrected chi connectivity index (χ4v) is 3.73. The molecule has 7 nitrogen and oxygen atoms in total. The molecule has 0 spiro atoms. The number of anilines is 1. The van der Waals surface area contributed by atoms with E-state index in [0.717, 1.165) is 16.7 Å². The molecule has 0 aliphatic carbocycles. The third kappa shape index (κ3) is 5.35. The number of amides is 4. The summed E-state index contributed by atoms with van der Waals surface area (Å²) in [6, 6.07) is 18.9. The summed E-state index contributed by atoms with van der Waals surface area (Å²) in [7, 11) is 0. The third-order valence-electron chi connectivity index (χ3n) is 5.51. The van der Waals surface area contributed by atoms with Crippen molar-refractivity contribution in [3.63, 3.8) is 0 Å². The van der Waals surface area contributed by atoms with Crippen LogP contribution >= 0.6 is 0 Å². The minimum absolute atomic E-state index is 0.290. The summed E-state index contributed by atoms with van der Waals surface area (Å²) in [6.07, 6.45) is 0.290. The Bertz CT molecular complexity index is 1180. The van der Waals surface area contributed by atoms with Crippen LogP contribution in [0, 0.1) is 5.82 Å². The minimum Gasteiger partial charge on any atom is -0.368 e. The average molecular weight is 446 g/mol.